The number of hydrogen-bond acceptors (Lipinski definition) is 7. The van der Waals surface area contributed by atoms with Crippen molar-refractivity contribution in [1.82, 2.24) is 20.2 Å². The van der Waals surface area contributed by atoms with Crippen LogP contribution in [-0.4, -0.2) is 40.2 Å². The van der Waals surface area contributed by atoms with Crippen molar-refractivity contribution in [2.45, 2.75) is 25.7 Å². The van der Waals surface area contributed by atoms with Gasteiger partial charge in [-0.25, -0.2) is 13.4 Å². The highest BCUT2D eigenvalue weighted by atomic mass is 32.2. The van der Waals surface area contributed by atoms with Gasteiger partial charge in [0.25, 0.3) is 5.91 Å². The van der Waals surface area contributed by atoms with E-state index in [0.717, 1.165) is 18.5 Å². The zero-order chi connectivity index (χ0) is 21.3. The number of anilines is 3. The topological polar surface area (TPSA) is 156 Å². The van der Waals surface area contributed by atoms with E-state index in [1.165, 1.54) is 0 Å². The van der Waals surface area contributed by atoms with Crippen LogP contribution in [-0.2, 0) is 10.0 Å². The standard InChI is InChI=1S/C19H21N7O3S/c1-2-30(28,29)26-13-7-5-12(6-8-13)17-16(18(20)27)19(25-24-17)23-15-10-21-14(9-22-15)11-3-4-11/h5-11,26H,2-4H2,1H3,(H2,20,27)(H2,22,23,24,25). The first-order chi connectivity index (χ1) is 14.4. The van der Waals surface area contributed by atoms with Gasteiger partial charge in [-0.05, 0) is 31.9 Å². The maximum Gasteiger partial charge on any atom is 0.254 e. The van der Waals surface area contributed by atoms with E-state index in [0.29, 0.717) is 28.7 Å². The van der Waals surface area contributed by atoms with Crippen LogP contribution in [0.4, 0.5) is 17.3 Å². The molecule has 1 fully saturated rings. The summed E-state index contributed by atoms with van der Waals surface area (Å²) in [5.74, 6) is 0.487. The molecule has 0 bridgehead atoms. The summed E-state index contributed by atoms with van der Waals surface area (Å²) in [4.78, 5) is 20.8. The molecule has 1 aliphatic carbocycles. The summed E-state index contributed by atoms with van der Waals surface area (Å²) in [6.07, 6.45) is 5.58. The molecule has 0 atom stereocenters. The molecule has 0 aliphatic heterocycles. The Balaban J connectivity index is 1.58. The smallest absolute Gasteiger partial charge is 0.254 e. The Morgan fingerprint density at radius 1 is 1.20 bits per heavy atom. The normalized spacial score (nSPS) is 13.8. The summed E-state index contributed by atoms with van der Waals surface area (Å²) in [6, 6.07) is 6.54. The first-order valence-corrected chi connectivity index (χ1v) is 11.1. The molecule has 1 aliphatic rings. The van der Waals surface area contributed by atoms with Crippen LogP contribution in [0, 0.1) is 0 Å². The Hall–Kier alpha value is -3.47. The number of aromatic nitrogens is 4. The van der Waals surface area contributed by atoms with Crippen LogP contribution in [0.3, 0.4) is 0 Å². The van der Waals surface area contributed by atoms with Crippen molar-refractivity contribution in [3.63, 3.8) is 0 Å². The van der Waals surface area contributed by atoms with Crippen molar-refractivity contribution in [2.24, 2.45) is 5.73 Å². The molecular weight excluding hydrogens is 406 g/mol. The Morgan fingerprint density at radius 3 is 2.50 bits per heavy atom. The van der Waals surface area contributed by atoms with Crippen LogP contribution in [0.1, 0.15) is 41.7 Å². The van der Waals surface area contributed by atoms with E-state index in [1.807, 2.05) is 0 Å². The van der Waals surface area contributed by atoms with Crippen molar-refractivity contribution < 1.29 is 13.2 Å². The van der Waals surface area contributed by atoms with E-state index in [-0.39, 0.29) is 17.1 Å². The summed E-state index contributed by atoms with van der Waals surface area (Å²) < 4.78 is 25.9. The molecular formula is C19H21N7O3S. The lowest BCUT2D eigenvalue weighted by molar-refractivity contribution is 0.100. The number of nitrogens with two attached hydrogens (primary N) is 1. The maximum atomic E-state index is 12.1. The zero-order valence-electron chi connectivity index (χ0n) is 16.2. The summed E-state index contributed by atoms with van der Waals surface area (Å²) >= 11 is 0. The minimum atomic E-state index is -3.37. The van der Waals surface area contributed by atoms with E-state index in [1.54, 1.807) is 43.6 Å². The fourth-order valence-corrected chi connectivity index (χ4v) is 3.59. The quantitative estimate of drug-likeness (QED) is 0.430. The van der Waals surface area contributed by atoms with Crippen LogP contribution in [0.5, 0.6) is 0 Å². The van der Waals surface area contributed by atoms with Gasteiger partial charge in [0.05, 0.1) is 29.5 Å². The lowest BCUT2D eigenvalue weighted by atomic mass is 10.1. The number of carbonyl (C=O) groups is 1. The number of nitrogens with zero attached hydrogens (tertiary/aromatic N) is 3. The number of hydrogen-bond donors (Lipinski definition) is 4. The zero-order valence-corrected chi connectivity index (χ0v) is 17.0. The lowest BCUT2D eigenvalue weighted by Gasteiger charge is -2.08. The van der Waals surface area contributed by atoms with Gasteiger partial charge in [0.2, 0.25) is 10.0 Å². The van der Waals surface area contributed by atoms with Gasteiger partial charge in [-0.2, -0.15) is 5.10 Å². The van der Waals surface area contributed by atoms with Gasteiger partial charge in [-0.15, -0.1) is 0 Å². The third kappa shape index (κ3) is 4.25. The molecule has 2 heterocycles. The highest BCUT2D eigenvalue weighted by Crippen LogP contribution is 2.38. The van der Waals surface area contributed by atoms with E-state index in [2.05, 4.69) is 30.2 Å². The van der Waals surface area contributed by atoms with Gasteiger partial charge in [0.15, 0.2) is 5.82 Å². The number of carbonyl (C=O) groups excluding carboxylic acids is 1. The number of sulfonamides is 1. The molecule has 5 N–H and O–H groups in total. The van der Waals surface area contributed by atoms with Crippen molar-refractivity contribution in [3.05, 3.63) is 47.9 Å². The van der Waals surface area contributed by atoms with Gasteiger partial charge >= 0.3 is 0 Å². The van der Waals surface area contributed by atoms with Crippen molar-refractivity contribution in [2.75, 3.05) is 15.8 Å². The second kappa shape index (κ2) is 7.75. The molecule has 0 radical (unpaired) electrons. The molecule has 156 valence electrons. The van der Waals surface area contributed by atoms with E-state index in [9.17, 15) is 13.2 Å². The predicted molar refractivity (Wildman–Crippen MR) is 113 cm³/mol. The second-order valence-corrected chi connectivity index (χ2v) is 9.01. The summed E-state index contributed by atoms with van der Waals surface area (Å²) in [5, 5.41) is 9.94. The molecule has 1 saturated carbocycles. The molecule has 4 rings (SSSR count). The molecule has 2 aromatic heterocycles. The predicted octanol–water partition coefficient (Wildman–Crippen LogP) is 2.35. The SMILES string of the molecule is CCS(=O)(=O)Nc1ccc(-c2[nH]nc(Nc3cnc(C4CC4)cn3)c2C(N)=O)cc1. The Bertz CT molecular complexity index is 1170. The Kier molecular flexibility index (Phi) is 5.12. The molecule has 1 amide bonds. The van der Waals surface area contributed by atoms with Gasteiger partial charge in [0.1, 0.15) is 11.4 Å². The van der Waals surface area contributed by atoms with Crippen LogP contribution < -0.4 is 15.8 Å². The number of aromatic amines is 1. The number of amides is 1. The Labute approximate surface area is 173 Å². The maximum absolute atomic E-state index is 12.1. The van der Waals surface area contributed by atoms with Crippen LogP contribution in [0.15, 0.2) is 36.7 Å². The number of primary amides is 1. The van der Waals surface area contributed by atoms with E-state index < -0.39 is 15.9 Å². The second-order valence-electron chi connectivity index (χ2n) is 7.00. The summed E-state index contributed by atoms with van der Waals surface area (Å²) in [7, 11) is -3.37. The van der Waals surface area contributed by atoms with Gasteiger partial charge < -0.3 is 11.1 Å². The van der Waals surface area contributed by atoms with Crippen LogP contribution >= 0.6 is 0 Å². The fourth-order valence-electron chi connectivity index (χ4n) is 2.95. The van der Waals surface area contributed by atoms with Crippen LogP contribution in [0.25, 0.3) is 11.3 Å². The molecule has 0 unspecified atom stereocenters. The first-order valence-electron chi connectivity index (χ1n) is 9.44. The van der Waals surface area contributed by atoms with Gasteiger partial charge in [-0.1, -0.05) is 12.1 Å². The van der Waals surface area contributed by atoms with E-state index >= 15 is 0 Å². The molecule has 10 nitrogen and oxygen atoms in total. The minimum absolute atomic E-state index is 0.0271. The van der Waals surface area contributed by atoms with Crippen LogP contribution in [0.2, 0.25) is 0 Å². The highest BCUT2D eigenvalue weighted by molar-refractivity contribution is 7.92. The summed E-state index contributed by atoms with van der Waals surface area (Å²) in [6.45, 7) is 1.55. The number of rotatable bonds is 8. The molecule has 1 aromatic carbocycles. The average molecular weight is 427 g/mol. The molecule has 3 aromatic rings. The fraction of sp³-hybridized carbons (Fsp3) is 0.263. The molecule has 0 saturated heterocycles. The van der Waals surface area contributed by atoms with Gasteiger partial charge in [-0.3, -0.25) is 19.6 Å². The third-order valence-corrected chi connectivity index (χ3v) is 6.06. The Morgan fingerprint density at radius 2 is 1.93 bits per heavy atom. The number of H-pyrrole nitrogens is 1. The van der Waals surface area contributed by atoms with Crippen molar-refractivity contribution in [1.29, 1.82) is 0 Å². The monoisotopic (exact) mass is 427 g/mol. The highest BCUT2D eigenvalue weighted by Gasteiger charge is 2.25. The number of benzene rings is 1. The average Bonchev–Trinajstić information content (AvgIpc) is 3.49. The van der Waals surface area contributed by atoms with Crippen molar-refractivity contribution >= 4 is 33.3 Å². The van der Waals surface area contributed by atoms with Crippen molar-refractivity contribution in [3.8, 4) is 11.3 Å². The largest absolute Gasteiger partial charge is 0.365 e. The molecule has 11 heteroatoms. The first kappa shape index (κ1) is 19.8. The third-order valence-electron chi connectivity index (χ3n) is 4.75. The van der Waals surface area contributed by atoms with E-state index in [4.69, 9.17) is 5.73 Å². The summed E-state index contributed by atoms with van der Waals surface area (Å²) in [5.41, 5.74) is 8.17. The van der Waals surface area contributed by atoms with Gasteiger partial charge in [0, 0.05) is 17.2 Å². The lowest BCUT2D eigenvalue weighted by Crippen LogP contribution is -2.14. The molecule has 30 heavy (non-hydrogen) atoms. The molecule has 0 spiro atoms. The minimum Gasteiger partial charge on any atom is -0.365 e. The number of nitrogens with one attached hydrogen (secondary N) is 3.